The van der Waals surface area contributed by atoms with Crippen molar-refractivity contribution in [3.05, 3.63) is 53.1 Å². The molecule has 0 amide bonds. The Labute approximate surface area is 112 Å². The Hall–Kier alpha value is -1.67. The molecule has 0 saturated carbocycles. The predicted molar refractivity (Wildman–Crippen MR) is 76.5 cm³/mol. The zero-order valence-corrected chi connectivity index (χ0v) is 11.2. The summed E-state index contributed by atoms with van der Waals surface area (Å²) in [5.74, 6) is 1.85. The van der Waals surface area contributed by atoms with Crippen LogP contribution in [0.3, 0.4) is 0 Å². The summed E-state index contributed by atoms with van der Waals surface area (Å²) in [5, 5.41) is 0.522. The molecule has 0 aromatic heterocycles. The van der Waals surface area contributed by atoms with Crippen LogP contribution in [0.15, 0.2) is 42.5 Å². The van der Waals surface area contributed by atoms with Crippen LogP contribution in [-0.4, -0.2) is 0 Å². The lowest BCUT2D eigenvalue weighted by atomic mass is 10.0. The van der Waals surface area contributed by atoms with Gasteiger partial charge in [0, 0.05) is 5.69 Å². The van der Waals surface area contributed by atoms with Crippen molar-refractivity contribution < 1.29 is 4.74 Å². The molecule has 94 valence electrons. The summed E-state index contributed by atoms with van der Waals surface area (Å²) in [6.45, 7) is 4.26. The molecular weight excluding hydrogens is 246 g/mol. The van der Waals surface area contributed by atoms with E-state index in [0.717, 1.165) is 11.3 Å². The van der Waals surface area contributed by atoms with Crippen molar-refractivity contribution in [1.82, 2.24) is 0 Å². The van der Waals surface area contributed by atoms with Gasteiger partial charge in [-0.05, 0) is 35.7 Å². The molecular formula is C15H16ClNO. The van der Waals surface area contributed by atoms with Gasteiger partial charge in [-0.1, -0.05) is 43.6 Å². The second-order valence-corrected chi connectivity index (χ2v) is 4.89. The van der Waals surface area contributed by atoms with Gasteiger partial charge in [0.15, 0.2) is 0 Å². The predicted octanol–water partition coefficient (Wildman–Crippen LogP) is 4.84. The van der Waals surface area contributed by atoms with Crippen molar-refractivity contribution in [3.8, 4) is 11.5 Å². The highest BCUT2D eigenvalue weighted by atomic mass is 35.5. The fourth-order valence-corrected chi connectivity index (χ4v) is 2.00. The van der Waals surface area contributed by atoms with Gasteiger partial charge < -0.3 is 10.5 Å². The first-order valence-corrected chi connectivity index (χ1v) is 6.27. The van der Waals surface area contributed by atoms with Crippen molar-refractivity contribution in [2.45, 2.75) is 19.8 Å². The molecule has 18 heavy (non-hydrogen) atoms. The van der Waals surface area contributed by atoms with E-state index in [9.17, 15) is 0 Å². The van der Waals surface area contributed by atoms with Crippen LogP contribution in [-0.2, 0) is 0 Å². The Morgan fingerprint density at radius 1 is 1.06 bits per heavy atom. The third-order valence-electron chi connectivity index (χ3n) is 2.72. The summed E-state index contributed by atoms with van der Waals surface area (Å²) in [7, 11) is 0. The van der Waals surface area contributed by atoms with E-state index in [-0.39, 0.29) is 0 Å². The highest BCUT2D eigenvalue weighted by molar-refractivity contribution is 6.32. The molecule has 0 unspecified atom stereocenters. The van der Waals surface area contributed by atoms with Crippen LogP contribution in [0, 0.1) is 0 Å². The average molecular weight is 262 g/mol. The normalized spacial score (nSPS) is 10.7. The second-order valence-electron chi connectivity index (χ2n) is 4.48. The fourth-order valence-electron chi connectivity index (χ4n) is 1.77. The first-order chi connectivity index (χ1) is 8.58. The highest BCUT2D eigenvalue weighted by Gasteiger charge is 2.09. The molecule has 0 heterocycles. The average Bonchev–Trinajstić information content (AvgIpc) is 2.33. The van der Waals surface area contributed by atoms with E-state index < -0.39 is 0 Å². The third-order valence-corrected chi connectivity index (χ3v) is 3.01. The molecule has 0 spiro atoms. The number of hydrogen-bond donors (Lipinski definition) is 1. The van der Waals surface area contributed by atoms with Crippen LogP contribution in [0.4, 0.5) is 5.69 Å². The highest BCUT2D eigenvalue weighted by Crippen LogP contribution is 2.34. The van der Waals surface area contributed by atoms with Crippen molar-refractivity contribution in [1.29, 1.82) is 0 Å². The molecule has 0 bridgehead atoms. The van der Waals surface area contributed by atoms with Crippen LogP contribution in [0.5, 0.6) is 11.5 Å². The maximum atomic E-state index is 6.11. The number of para-hydroxylation sites is 1. The Morgan fingerprint density at radius 3 is 2.44 bits per heavy atom. The summed E-state index contributed by atoms with van der Waals surface area (Å²) in [5.41, 5.74) is 7.45. The maximum absolute atomic E-state index is 6.11. The lowest BCUT2D eigenvalue weighted by Crippen LogP contribution is -1.94. The number of hydrogen-bond acceptors (Lipinski definition) is 2. The fraction of sp³-hybridized carbons (Fsp3) is 0.200. The second kappa shape index (κ2) is 5.32. The molecule has 0 radical (unpaired) electrons. The summed E-state index contributed by atoms with van der Waals surface area (Å²) < 4.78 is 5.87. The molecule has 0 aliphatic heterocycles. The summed E-state index contributed by atoms with van der Waals surface area (Å²) in [6, 6.07) is 13.2. The van der Waals surface area contributed by atoms with Crippen LogP contribution < -0.4 is 10.5 Å². The van der Waals surface area contributed by atoms with Crippen LogP contribution in [0.25, 0.3) is 0 Å². The molecule has 2 N–H and O–H groups in total. The molecule has 2 aromatic carbocycles. The molecule has 0 aliphatic rings. The minimum absolute atomic E-state index is 0.397. The number of benzene rings is 2. The maximum Gasteiger partial charge on any atom is 0.146 e. The van der Waals surface area contributed by atoms with E-state index in [1.807, 2.05) is 18.2 Å². The van der Waals surface area contributed by atoms with Gasteiger partial charge in [-0.15, -0.1) is 0 Å². The van der Waals surface area contributed by atoms with E-state index in [1.165, 1.54) is 0 Å². The van der Waals surface area contributed by atoms with Crippen LogP contribution in [0.1, 0.15) is 25.3 Å². The SMILES string of the molecule is CC(C)c1ccccc1Oc1ccc(N)cc1Cl. The van der Waals surface area contributed by atoms with Gasteiger partial charge in [-0.2, -0.15) is 0 Å². The minimum atomic E-state index is 0.397. The summed E-state index contributed by atoms with van der Waals surface area (Å²) in [6.07, 6.45) is 0. The minimum Gasteiger partial charge on any atom is -0.456 e. The lowest BCUT2D eigenvalue weighted by Gasteiger charge is -2.14. The van der Waals surface area contributed by atoms with Gasteiger partial charge in [-0.3, -0.25) is 0 Å². The molecule has 0 aliphatic carbocycles. The molecule has 0 fully saturated rings. The molecule has 2 rings (SSSR count). The largest absolute Gasteiger partial charge is 0.456 e. The van der Waals surface area contributed by atoms with E-state index >= 15 is 0 Å². The topological polar surface area (TPSA) is 35.2 Å². The number of ether oxygens (including phenoxy) is 1. The summed E-state index contributed by atoms with van der Waals surface area (Å²) >= 11 is 6.11. The Morgan fingerprint density at radius 2 is 1.78 bits per heavy atom. The van der Waals surface area contributed by atoms with Gasteiger partial charge in [0.05, 0.1) is 5.02 Å². The zero-order valence-electron chi connectivity index (χ0n) is 10.5. The number of anilines is 1. The Kier molecular flexibility index (Phi) is 3.78. The Balaban J connectivity index is 2.34. The molecule has 3 heteroatoms. The standard InChI is InChI=1S/C15H16ClNO/c1-10(2)12-5-3-4-6-14(12)18-15-8-7-11(17)9-13(15)16/h3-10H,17H2,1-2H3. The lowest BCUT2D eigenvalue weighted by molar-refractivity contribution is 0.473. The van der Waals surface area contributed by atoms with Gasteiger partial charge >= 0.3 is 0 Å². The van der Waals surface area contributed by atoms with Crippen LogP contribution >= 0.6 is 11.6 Å². The van der Waals surface area contributed by atoms with Gasteiger partial charge in [0.25, 0.3) is 0 Å². The van der Waals surface area contributed by atoms with Gasteiger partial charge in [-0.25, -0.2) is 0 Å². The van der Waals surface area contributed by atoms with E-state index in [4.69, 9.17) is 22.1 Å². The Bertz CT molecular complexity index is 552. The number of rotatable bonds is 3. The number of nitrogen functional groups attached to an aromatic ring is 1. The van der Waals surface area contributed by atoms with Crippen molar-refractivity contribution in [2.75, 3.05) is 5.73 Å². The number of nitrogens with two attached hydrogens (primary N) is 1. The van der Waals surface area contributed by atoms with E-state index in [1.54, 1.807) is 18.2 Å². The first kappa shape index (κ1) is 12.8. The van der Waals surface area contributed by atoms with E-state index in [2.05, 4.69) is 19.9 Å². The zero-order chi connectivity index (χ0) is 13.1. The van der Waals surface area contributed by atoms with Gasteiger partial charge in [0.2, 0.25) is 0 Å². The van der Waals surface area contributed by atoms with Gasteiger partial charge in [0.1, 0.15) is 11.5 Å². The third kappa shape index (κ3) is 2.77. The monoisotopic (exact) mass is 261 g/mol. The molecule has 0 saturated heterocycles. The summed E-state index contributed by atoms with van der Waals surface area (Å²) in [4.78, 5) is 0. The van der Waals surface area contributed by atoms with Crippen molar-refractivity contribution in [2.24, 2.45) is 0 Å². The number of halogens is 1. The van der Waals surface area contributed by atoms with E-state index in [0.29, 0.717) is 22.4 Å². The van der Waals surface area contributed by atoms with Crippen molar-refractivity contribution >= 4 is 17.3 Å². The smallest absolute Gasteiger partial charge is 0.146 e. The quantitative estimate of drug-likeness (QED) is 0.803. The van der Waals surface area contributed by atoms with Crippen LogP contribution in [0.2, 0.25) is 5.02 Å². The molecule has 0 atom stereocenters. The molecule has 2 nitrogen and oxygen atoms in total. The van der Waals surface area contributed by atoms with Crippen molar-refractivity contribution in [3.63, 3.8) is 0 Å². The first-order valence-electron chi connectivity index (χ1n) is 5.89. The molecule has 2 aromatic rings.